The van der Waals surface area contributed by atoms with Crippen LogP contribution in [0.1, 0.15) is 36.9 Å². The Hall–Kier alpha value is -0.870. The van der Waals surface area contributed by atoms with Crippen LogP contribution < -0.4 is 0 Å². The number of rotatable bonds is 3. The SMILES string of the molecule is CCS(=O)(=O)N1CCC[C@@H]1c1ccccc1C. The van der Waals surface area contributed by atoms with E-state index in [2.05, 4.69) is 0 Å². The summed E-state index contributed by atoms with van der Waals surface area (Å²) in [6, 6.07) is 8.11. The van der Waals surface area contributed by atoms with Gasteiger partial charge in [0.1, 0.15) is 0 Å². The van der Waals surface area contributed by atoms with Gasteiger partial charge >= 0.3 is 0 Å². The summed E-state index contributed by atoms with van der Waals surface area (Å²) >= 11 is 0. The molecule has 0 aromatic heterocycles. The average molecular weight is 253 g/mol. The van der Waals surface area contributed by atoms with Crippen molar-refractivity contribution in [3.63, 3.8) is 0 Å². The molecule has 1 heterocycles. The Morgan fingerprint density at radius 3 is 2.71 bits per heavy atom. The number of sulfonamides is 1. The highest BCUT2D eigenvalue weighted by molar-refractivity contribution is 7.89. The largest absolute Gasteiger partial charge is 0.214 e. The van der Waals surface area contributed by atoms with Gasteiger partial charge in [-0.1, -0.05) is 24.3 Å². The smallest absolute Gasteiger partial charge is 0.212 e. The molecule has 0 spiro atoms. The molecule has 1 saturated heterocycles. The highest BCUT2D eigenvalue weighted by Crippen LogP contribution is 2.35. The second-order valence-electron chi connectivity index (χ2n) is 4.53. The maximum absolute atomic E-state index is 12.0. The van der Waals surface area contributed by atoms with Crippen LogP contribution in [0, 0.1) is 6.92 Å². The van der Waals surface area contributed by atoms with Crippen molar-refractivity contribution in [2.75, 3.05) is 12.3 Å². The lowest BCUT2D eigenvalue weighted by atomic mass is 10.0. The predicted molar refractivity (Wildman–Crippen MR) is 69.3 cm³/mol. The summed E-state index contributed by atoms with van der Waals surface area (Å²) in [5.74, 6) is 0.190. The fourth-order valence-electron chi connectivity index (χ4n) is 2.51. The highest BCUT2D eigenvalue weighted by atomic mass is 32.2. The van der Waals surface area contributed by atoms with Gasteiger partial charge in [0.15, 0.2) is 0 Å². The molecule has 2 rings (SSSR count). The van der Waals surface area contributed by atoms with Gasteiger partial charge in [-0.25, -0.2) is 8.42 Å². The highest BCUT2D eigenvalue weighted by Gasteiger charge is 2.34. The molecule has 1 atom stereocenters. The standard InChI is InChI=1S/C13H19NO2S/c1-3-17(15,16)14-10-6-9-13(14)12-8-5-4-7-11(12)2/h4-5,7-8,13H,3,6,9-10H2,1-2H3/t13-/m1/s1. The third-order valence-electron chi connectivity index (χ3n) is 3.47. The zero-order valence-corrected chi connectivity index (χ0v) is 11.2. The van der Waals surface area contributed by atoms with Crippen molar-refractivity contribution in [3.8, 4) is 0 Å². The van der Waals surface area contributed by atoms with Gasteiger partial charge in [0.05, 0.1) is 5.75 Å². The molecule has 3 nitrogen and oxygen atoms in total. The number of nitrogens with zero attached hydrogens (tertiary/aromatic N) is 1. The van der Waals surface area contributed by atoms with Gasteiger partial charge in [-0.05, 0) is 37.8 Å². The van der Waals surface area contributed by atoms with Crippen LogP contribution in [0.4, 0.5) is 0 Å². The molecule has 1 fully saturated rings. The molecule has 0 aliphatic carbocycles. The van der Waals surface area contributed by atoms with Crippen LogP contribution in [0.5, 0.6) is 0 Å². The van der Waals surface area contributed by atoms with Crippen molar-refractivity contribution in [1.82, 2.24) is 4.31 Å². The zero-order chi connectivity index (χ0) is 12.5. The van der Waals surface area contributed by atoms with E-state index in [0.717, 1.165) is 18.4 Å². The lowest BCUT2D eigenvalue weighted by Gasteiger charge is -2.25. The van der Waals surface area contributed by atoms with Gasteiger partial charge < -0.3 is 0 Å². The van der Waals surface area contributed by atoms with E-state index in [1.165, 1.54) is 5.56 Å². The Morgan fingerprint density at radius 1 is 1.35 bits per heavy atom. The minimum Gasteiger partial charge on any atom is -0.212 e. The Labute approximate surface area is 104 Å². The van der Waals surface area contributed by atoms with E-state index in [9.17, 15) is 8.42 Å². The molecule has 1 aromatic rings. The molecule has 0 bridgehead atoms. The minimum atomic E-state index is -3.08. The van der Waals surface area contributed by atoms with Gasteiger partial charge in [-0.3, -0.25) is 0 Å². The van der Waals surface area contributed by atoms with Crippen LogP contribution in [-0.2, 0) is 10.0 Å². The maximum Gasteiger partial charge on any atom is 0.214 e. The van der Waals surface area contributed by atoms with Crippen LogP contribution in [0.2, 0.25) is 0 Å². The number of hydrogen-bond donors (Lipinski definition) is 0. The molecule has 1 aromatic carbocycles. The zero-order valence-electron chi connectivity index (χ0n) is 10.4. The second kappa shape index (κ2) is 4.78. The summed E-state index contributed by atoms with van der Waals surface area (Å²) in [6.07, 6.45) is 1.89. The van der Waals surface area contributed by atoms with Crippen molar-refractivity contribution in [1.29, 1.82) is 0 Å². The van der Waals surface area contributed by atoms with E-state index in [4.69, 9.17) is 0 Å². The van der Waals surface area contributed by atoms with E-state index < -0.39 is 10.0 Å². The fraction of sp³-hybridized carbons (Fsp3) is 0.538. The second-order valence-corrected chi connectivity index (χ2v) is 6.74. The van der Waals surface area contributed by atoms with Crippen LogP contribution in [-0.4, -0.2) is 25.0 Å². The van der Waals surface area contributed by atoms with E-state index in [1.54, 1.807) is 11.2 Å². The van der Waals surface area contributed by atoms with Gasteiger partial charge in [-0.15, -0.1) is 0 Å². The molecule has 0 unspecified atom stereocenters. The quantitative estimate of drug-likeness (QED) is 0.830. The van der Waals surface area contributed by atoms with Crippen molar-refractivity contribution >= 4 is 10.0 Å². The summed E-state index contributed by atoms with van der Waals surface area (Å²) in [7, 11) is -3.08. The fourth-order valence-corrected chi connectivity index (χ4v) is 3.86. The molecule has 1 aliphatic heterocycles. The van der Waals surface area contributed by atoms with Gasteiger partial charge in [0.2, 0.25) is 10.0 Å². The maximum atomic E-state index is 12.0. The summed E-state index contributed by atoms with van der Waals surface area (Å²) < 4.78 is 25.7. The van der Waals surface area contributed by atoms with Crippen LogP contribution in [0.3, 0.4) is 0 Å². The van der Waals surface area contributed by atoms with Crippen LogP contribution in [0.25, 0.3) is 0 Å². The first-order chi connectivity index (χ1) is 8.06. The van der Waals surface area contributed by atoms with Gasteiger partial charge in [0.25, 0.3) is 0 Å². The number of benzene rings is 1. The first kappa shape index (κ1) is 12.6. The van der Waals surface area contributed by atoms with Crippen molar-refractivity contribution in [3.05, 3.63) is 35.4 Å². The molecule has 4 heteroatoms. The topological polar surface area (TPSA) is 37.4 Å². The minimum absolute atomic E-state index is 0.0427. The molecule has 0 saturated carbocycles. The monoisotopic (exact) mass is 253 g/mol. The summed E-state index contributed by atoms with van der Waals surface area (Å²) in [5.41, 5.74) is 2.33. The van der Waals surface area contributed by atoms with E-state index >= 15 is 0 Å². The van der Waals surface area contributed by atoms with E-state index in [1.807, 2.05) is 31.2 Å². The first-order valence-corrected chi connectivity index (χ1v) is 7.72. The molecular weight excluding hydrogens is 234 g/mol. The molecule has 0 N–H and O–H groups in total. The van der Waals surface area contributed by atoms with Crippen LogP contribution >= 0.6 is 0 Å². The van der Waals surface area contributed by atoms with Crippen LogP contribution in [0.15, 0.2) is 24.3 Å². The van der Waals surface area contributed by atoms with Crippen molar-refractivity contribution in [2.45, 2.75) is 32.7 Å². The van der Waals surface area contributed by atoms with Gasteiger partial charge in [0, 0.05) is 12.6 Å². The summed E-state index contributed by atoms with van der Waals surface area (Å²) in [6.45, 7) is 4.42. The molecular formula is C13H19NO2S. The van der Waals surface area contributed by atoms with Gasteiger partial charge in [-0.2, -0.15) is 4.31 Å². The Morgan fingerprint density at radius 2 is 2.06 bits per heavy atom. The Kier molecular flexibility index (Phi) is 3.54. The van der Waals surface area contributed by atoms with E-state index in [-0.39, 0.29) is 11.8 Å². The summed E-state index contributed by atoms with van der Waals surface area (Å²) in [4.78, 5) is 0. The van der Waals surface area contributed by atoms with Crippen molar-refractivity contribution in [2.24, 2.45) is 0 Å². The molecule has 1 aliphatic rings. The lowest BCUT2D eigenvalue weighted by molar-refractivity contribution is 0.396. The third kappa shape index (κ3) is 2.38. The molecule has 0 amide bonds. The molecule has 0 radical (unpaired) electrons. The molecule has 17 heavy (non-hydrogen) atoms. The predicted octanol–water partition coefficient (Wildman–Crippen LogP) is 2.48. The average Bonchev–Trinajstić information content (AvgIpc) is 2.79. The lowest BCUT2D eigenvalue weighted by Crippen LogP contribution is -2.32. The molecule has 94 valence electrons. The van der Waals surface area contributed by atoms with E-state index in [0.29, 0.717) is 6.54 Å². The normalized spacial score (nSPS) is 21.9. The number of hydrogen-bond acceptors (Lipinski definition) is 2. The third-order valence-corrected chi connectivity index (χ3v) is 5.35. The number of aryl methyl sites for hydroxylation is 1. The Balaban J connectivity index is 2.36. The Bertz CT molecular complexity index is 496. The van der Waals surface area contributed by atoms with Crippen molar-refractivity contribution < 1.29 is 8.42 Å². The summed E-state index contributed by atoms with van der Waals surface area (Å²) in [5, 5.41) is 0. The first-order valence-electron chi connectivity index (χ1n) is 6.11.